The van der Waals surface area contributed by atoms with Gasteiger partial charge < -0.3 is 0 Å². The molecule has 1 aliphatic heterocycles. The summed E-state index contributed by atoms with van der Waals surface area (Å²) in [4.78, 5) is 0. The molecule has 1 aliphatic rings. The lowest BCUT2D eigenvalue weighted by atomic mass is 10.4. The van der Waals surface area contributed by atoms with Gasteiger partial charge in [-0.25, -0.2) is 0 Å². The van der Waals surface area contributed by atoms with E-state index in [4.69, 9.17) is 0 Å². The summed E-state index contributed by atoms with van der Waals surface area (Å²) in [6.45, 7) is 4.70. The lowest BCUT2D eigenvalue weighted by molar-refractivity contribution is 0.806. The molecule has 0 aliphatic carbocycles. The zero-order chi connectivity index (χ0) is 11.1. The summed E-state index contributed by atoms with van der Waals surface area (Å²) in [5.41, 5.74) is 1.68. The molecule has 0 aromatic carbocycles. The Hall–Kier alpha value is 0.914. The van der Waals surface area contributed by atoms with Gasteiger partial charge in [0.05, 0.1) is 8.07 Å². The van der Waals surface area contributed by atoms with E-state index in [-0.39, 0.29) is 7.42 Å². The summed E-state index contributed by atoms with van der Waals surface area (Å²) in [6.07, 6.45) is 7.39. The van der Waals surface area contributed by atoms with Crippen molar-refractivity contribution in [3.8, 4) is 0 Å². The molecule has 0 amide bonds. The van der Waals surface area contributed by atoms with Crippen LogP contribution >= 0.6 is 15.3 Å². The molecular weight excluding hydrogens is 280 g/mol. The lowest BCUT2D eigenvalue weighted by Gasteiger charge is -2.37. The van der Waals surface area contributed by atoms with Gasteiger partial charge in [0.25, 0.3) is 0 Å². The van der Waals surface area contributed by atoms with Gasteiger partial charge in [0.15, 0.2) is 0 Å². The van der Waals surface area contributed by atoms with Crippen LogP contribution in [0.4, 0.5) is 0 Å². The molecule has 0 spiro atoms. The van der Waals surface area contributed by atoms with Crippen molar-refractivity contribution < 1.29 is 0 Å². The summed E-state index contributed by atoms with van der Waals surface area (Å²) < 4.78 is 0. The van der Waals surface area contributed by atoms with Crippen molar-refractivity contribution in [1.82, 2.24) is 0 Å². The van der Waals surface area contributed by atoms with Gasteiger partial charge in [-0.1, -0.05) is 69.8 Å². The minimum absolute atomic E-state index is 0.0845. The highest BCUT2D eigenvalue weighted by Gasteiger charge is 2.36. The predicted octanol–water partition coefficient (Wildman–Crippen LogP) is 5.36. The van der Waals surface area contributed by atoms with E-state index in [1.807, 2.05) is 0 Å². The Balaban J connectivity index is 2.49. The van der Waals surface area contributed by atoms with Crippen LogP contribution in [0.25, 0.3) is 0 Å². The first kappa shape index (κ1) is 14.0. The molecule has 15 heavy (non-hydrogen) atoms. The maximum atomic E-state index is 3.98. The fourth-order valence-corrected chi connectivity index (χ4v) is 20.0. The Bertz CT molecular complexity index is 165. The third-order valence-electron chi connectivity index (χ3n) is 3.84. The van der Waals surface area contributed by atoms with Gasteiger partial charge in [0, 0.05) is 0 Å². The molecule has 1 fully saturated rings. The van der Waals surface area contributed by atoms with Crippen LogP contribution in [-0.4, -0.2) is 15.5 Å². The highest BCUT2D eigenvalue weighted by molar-refractivity contribution is 9.24. The first-order valence-corrected chi connectivity index (χ1v) is 13.7. The highest BCUT2D eigenvalue weighted by atomic mass is 79.9. The molecule has 1 heterocycles. The molecular formula is C12H26BrSi2. The van der Waals surface area contributed by atoms with E-state index < -0.39 is 8.07 Å². The average molecular weight is 306 g/mol. The van der Waals surface area contributed by atoms with Crippen LogP contribution in [0.3, 0.4) is 0 Å². The van der Waals surface area contributed by atoms with E-state index in [9.17, 15) is 0 Å². The first-order chi connectivity index (χ1) is 7.22. The van der Waals surface area contributed by atoms with Crippen LogP contribution in [0.2, 0.25) is 29.8 Å². The lowest BCUT2D eigenvalue weighted by Crippen LogP contribution is -2.40. The maximum Gasteiger partial charge on any atom is 0.132 e. The van der Waals surface area contributed by atoms with Gasteiger partial charge in [0.1, 0.15) is 7.42 Å². The van der Waals surface area contributed by atoms with Crippen molar-refractivity contribution >= 4 is 30.8 Å². The monoisotopic (exact) mass is 305 g/mol. The third kappa shape index (κ3) is 4.74. The standard InChI is InChI=1S/C12H26BrSi2/c1-3-5-9-15(10-6-4-2)11-7-8-14(13)12-15/h3-12H2,1-2H3. The maximum absolute atomic E-state index is 3.98. The summed E-state index contributed by atoms with van der Waals surface area (Å²) in [5.74, 6) is 0. The summed E-state index contributed by atoms with van der Waals surface area (Å²) >= 11 is 3.98. The van der Waals surface area contributed by atoms with E-state index in [1.165, 1.54) is 31.7 Å². The van der Waals surface area contributed by atoms with Gasteiger partial charge in [-0.2, -0.15) is 0 Å². The van der Waals surface area contributed by atoms with Crippen molar-refractivity contribution in [2.24, 2.45) is 0 Å². The quantitative estimate of drug-likeness (QED) is 0.457. The molecule has 0 aromatic heterocycles. The van der Waals surface area contributed by atoms with Gasteiger partial charge >= 0.3 is 0 Å². The minimum atomic E-state index is -0.789. The molecule has 3 heteroatoms. The molecule has 0 atom stereocenters. The van der Waals surface area contributed by atoms with Crippen molar-refractivity contribution in [2.75, 3.05) is 0 Å². The topological polar surface area (TPSA) is 0 Å². The molecule has 0 bridgehead atoms. The number of hydrogen-bond acceptors (Lipinski definition) is 0. The second kappa shape index (κ2) is 7.28. The number of hydrogen-bond donors (Lipinski definition) is 0. The van der Waals surface area contributed by atoms with E-state index >= 15 is 0 Å². The molecule has 1 saturated heterocycles. The van der Waals surface area contributed by atoms with Crippen molar-refractivity contribution in [3.63, 3.8) is 0 Å². The van der Waals surface area contributed by atoms with E-state index in [1.54, 1.807) is 30.2 Å². The molecule has 0 unspecified atom stereocenters. The smallest absolute Gasteiger partial charge is 0.129 e. The molecule has 0 nitrogen and oxygen atoms in total. The van der Waals surface area contributed by atoms with Crippen LogP contribution in [-0.2, 0) is 0 Å². The Morgan fingerprint density at radius 3 is 2.20 bits per heavy atom. The van der Waals surface area contributed by atoms with Crippen molar-refractivity contribution in [2.45, 2.75) is 75.8 Å². The van der Waals surface area contributed by atoms with Crippen LogP contribution in [0.15, 0.2) is 0 Å². The van der Waals surface area contributed by atoms with Crippen LogP contribution in [0.5, 0.6) is 0 Å². The van der Waals surface area contributed by atoms with E-state index in [0.29, 0.717) is 0 Å². The number of unbranched alkanes of at least 4 members (excludes halogenated alkanes) is 2. The Morgan fingerprint density at radius 1 is 1.13 bits per heavy atom. The SMILES string of the molecule is CCCC[Si]1(CCCC)CCC[Si](Br)C1. The molecule has 1 radical (unpaired) electrons. The molecule has 89 valence electrons. The van der Waals surface area contributed by atoms with E-state index in [0.717, 1.165) is 0 Å². The minimum Gasteiger partial charge on any atom is -0.129 e. The van der Waals surface area contributed by atoms with E-state index in [2.05, 4.69) is 29.1 Å². The molecule has 1 rings (SSSR count). The van der Waals surface area contributed by atoms with Gasteiger partial charge in [-0.15, -0.1) is 15.3 Å². The highest BCUT2D eigenvalue weighted by Crippen LogP contribution is 2.38. The third-order valence-corrected chi connectivity index (χ3v) is 17.2. The Labute approximate surface area is 106 Å². The number of halogens is 1. The zero-order valence-electron chi connectivity index (χ0n) is 10.4. The Kier molecular flexibility index (Phi) is 6.78. The summed E-state index contributed by atoms with van der Waals surface area (Å²) in [5, 5.41) is 0. The van der Waals surface area contributed by atoms with Crippen molar-refractivity contribution in [3.05, 3.63) is 0 Å². The van der Waals surface area contributed by atoms with Crippen molar-refractivity contribution in [1.29, 1.82) is 0 Å². The molecule has 0 N–H and O–H groups in total. The van der Waals surface area contributed by atoms with Gasteiger partial charge in [-0.05, 0) is 6.04 Å². The van der Waals surface area contributed by atoms with Crippen LogP contribution in [0.1, 0.15) is 46.0 Å². The Morgan fingerprint density at radius 2 is 1.73 bits per heavy atom. The fraction of sp³-hybridized carbons (Fsp3) is 1.00. The molecule has 0 saturated carbocycles. The predicted molar refractivity (Wildman–Crippen MR) is 78.9 cm³/mol. The first-order valence-electron chi connectivity index (χ1n) is 6.72. The normalized spacial score (nSPS) is 21.8. The fourth-order valence-electron chi connectivity index (χ4n) is 2.89. The second-order valence-electron chi connectivity index (χ2n) is 5.25. The van der Waals surface area contributed by atoms with Gasteiger partial charge in [0.2, 0.25) is 0 Å². The zero-order valence-corrected chi connectivity index (χ0v) is 14.0. The molecule has 0 aromatic rings. The van der Waals surface area contributed by atoms with Crippen LogP contribution in [0, 0.1) is 0 Å². The average Bonchev–Trinajstić information content (AvgIpc) is 2.24. The van der Waals surface area contributed by atoms with Gasteiger partial charge in [-0.3, -0.25) is 0 Å². The summed E-state index contributed by atoms with van der Waals surface area (Å²) in [7, 11) is -0.874. The van der Waals surface area contributed by atoms with Crippen LogP contribution < -0.4 is 0 Å². The largest absolute Gasteiger partial charge is 0.132 e. The number of rotatable bonds is 6. The summed E-state index contributed by atoms with van der Waals surface area (Å²) in [6, 6.07) is 6.48. The second-order valence-corrected chi connectivity index (χ2v) is 16.1.